The van der Waals surface area contributed by atoms with E-state index in [0.717, 1.165) is 44.2 Å². The van der Waals surface area contributed by atoms with Gasteiger partial charge in [0.1, 0.15) is 22.5 Å². The molecule has 0 fully saturated rings. The molecule has 4 rings (SSSR count). The van der Waals surface area contributed by atoms with Crippen molar-refractivity contribution in [3.63, 3.8) is 0 Å². The average molecular weight is 288 g/mol. The smallest absolute Gasteiger partial charge is 0.141 e. The Morgan fingerprint density at radius 2 is 1.36 bits per heavy atom. The summed E-state index contributed by atoms with van der Waals surface area (Å²) >= 11 is 0. The maximum atomic E-state index is 6.07. The van der Waals surface area contributed by atoms with Gasteiger partial charge in [0.05, 0.1) is 0 Å². The molecule has 0 saturated heterocycles. The van der Waals surface area contributed by atoms with Crippen LogP contribution in [0.4, 0.5) is 0 Å². The number of para-hydroxylation sites is 2. The zero-order valence-corrected chi connectivity index (χ0v) is 12.6. The first-order chi connectivity index (χ1) is 10.7. The van der Waals surface area contributed by atoms with E-state index in [-0.39, 0.29) is 0 Å². The minimum Gasteiger partial charge on any atom is -0.461 e. The fourth-order valence-electron chi connectivity index (χ4n) is 2.80. The van der Waals surface area contributed by atoms with E-state index < -0.39 is 0 Å². The second kappa shape index (κ2) is 4.92. The molecule has 0 aliphatic heterocycles. The highest BCUT2D eigenvalue weighted by molar-refractivity contribution is 6.05. The fraction of sp³-hybridized carbons (Fsp3) is 0.100. The van der Waals surface area contributed by atoms with Crippen LogP contribution in [0.2, 0.25) is 0 Å². The minimum atomic E-state index is 0.858. The molecule has 0 atom stereocenters. The lowest BCUT2D eigenvalue weighted by Gasteiger charge is -1.96. The van der Waals surface area contributed by atoms with Crippen LogP contribution in [0.1, 0.15) is 11.3 Å². The summed E-state index contributed by atoms with van der Waals surface area (Å²) in [7, 11) is 0. The van der Waals surface area contributed by atoms with Crippen LogP contribution >= 0.6 is 0 Å². The van der Waals surface area contributed by atoms with Gasteiger partial charge < -0.3 is 8.83 Å². The van der Waals surface area contributed by atoms with Gasteiger partial charge in [-0.2, -0.15) is 0 Å². The molecule has 0 radical (unpaired) electrons. The summed E-state index contributed by atoms with van der Waals surface area (Å²) in [5, 5.41) is 3.29. The Hall–Kier alpha value is -2.74. The number of furan rings is 1. The van der Waals surface area contributed by atoms with Crippen LogP contribution in [-0.2, 0) is 0 Å². The Kier molecular flexibility index (Phi) is 2.90. The third kappa shape index (κ3) is 1.96. The Balaban J connectivity index is 2.29. The van der Waals surface area contributed by atoms with Crippen LogP contribution in [0.25, 0.3) is 32.9 Å². The summed E-state index contributed by atoms with van der Waals surface area (Å²) in [5.41, 5.74) is 3.67. The van der Waals surface area contributed by atoms with Gasteiger partial charge in [0, 0.05) is 21.7 Å². The number of aryl methyl sites for hydroxylation is 2. The molecule has 0 aliphatic carbocycles. The van der Waals surface area contributed by atoms with E-state index in [9.17, 15) is 0 Å². The van der Waals surface area contributed by atoms with Crippen molar-refractivity contribution in [3.8, 4) is 0 Å². The van der Waals surface area contributed by atoms with Gasteiger partial charge in [-0.3, -0.25) is 0 Å². The maximum Gasteiger partial charge on any atom is 0.141 e. The largest absolute Gasteiger partial charge is 0.461 e. The van der Waals surface area contributed by atoms with Crippen LogP contribution in [-0.4, -0.2) is 0 Å². The third-order valence-corrected chi connectivity index (χ3v) is 4.11. The van der Waals surface area contributed by atoms with E-state index in [1.165, 1.54) is 0 Å². The van der Waals surface area contributed by atoms with Crippen molar-refractivity contribution in [3.05, 3.63) is 72.0 Å². The normalized spacial score (nSPS) is 11.2. The SMILES string of the molecule is Cc1oc2ccccc2ccc2c(oc3ccccc32)c1C. The van der Waals surface area contributed by atoms with Gasteiger partial charge in [0.2, 0.25) is 0 Å². The molecule has 2 nitrogen and oxygen atoms in total. The molecule has 0 N–H and O–H groups in total. The Morgan fingerprint density at radius 3 is 2.23 bits per heavy atom. The van der Waals surface area contributed by atoms with Gasteiger partial charge in [0.15, 0.2) is 0 Å². The van der Waals surface area contributed by atoms with Gasteiger partial charge in [-0.1, -0.05) is 42.5 Å². The van der Waals surface area contributed by atoms with Crippen LogP contribution in [0.5, 0.6) is 0 Å². The summed E-state index contributed by atoms with van der Waals surface area (Å²) in [4.78, 5) is 0. The summed E-state index contributed by atoms with van der Waals surface area (Å²) in [6, 6.07) is 20.4. The molecule has 0 unspecified atom stereocenters. The summed E-state index contributed by atoms with van der Waals surface area (Å²) in [6.45, 7) is 4.02. The molecular weight excluding hydrogens is 272 g/mol. The molecule has 0 spiro atoms. The number of hydrogen-bond acceptors (Lipinski definition) is 2. The summed E-state index contributed by atoms with van der Waals surface area (Å²) < 4.78 is 12.1. The highest BCUT2D eigenvalue weighted by Gasteiger charge is 2.08. The molecule has 0 saturated carbocycles. The van der Waals surface area contributed by atoms with Crippen LogP contribution in [0.15, 0.2) is 69.5 Å². The van der Waals surface area contributed by atoms with Gasteiger partial charge in [0.25, 0.3) is 0 Å². The number of fused-ring (bicyclic) bond motifs is 4. The zero-order valence-electron chi connectivity index (χ0n) is 12.6. The molecular formula is C20H16O2. The van der Waals surface area contributed by atoms with Gasteiger partial charge in [-0.25, -0.2) is 0 Å². The summed E-state index contributed by atoms with van der Waals surface area (Å²) in [5.74, 6) is 0.858. The molecule has 2 aromatic carbocycles. The van der Waals surface area contributed by atoms with Gasteiger partial charge >= 0.3 is 0 Å². The van der Waals surface area contributed by atoms with E-state index in [0.29, 0.717) is 0 Å². The van der Waals surface area contributed by atoms with Crippen molar-refractivity contribution in [1.82, 2.24) is 0 Å². The van der Waals surface area contributed by atoms with Crippen molar-refractivity contribution in [2.75, 3.05) is 0 Å². The molecule has 108 valence electrons. The molecule has 4 aromatic rings. The quantitative estimate of drug-likeness (QED) is 0.392. The van der Waals surface area contributed by atoms with Crippen molar-refractivity contribution < 1.29 is 8.83 Å². The monoisotopic (exact) mass is 288 g/mol. The van der Waals surface area contributed by atoms with Gasteiger partial charge in [-0.15, -0.1) is 0 Å². The molecule has 0 amide bonds. The van der Waals surface area contributed by atoms with Crippen molar-refractivity contribution in [2.24, 2.45) is 0 Å². The number of benzene rings is 2. The molecule has 0 bridgehead atoms. The van der Waals surface area contributed by atoms with Gasteiger partial charge in [-0.05, 0) is 32.0 Å². The Bertz CT molecular complexity index is 1050. The topological polar surface area (TPSA) is 26.3 Å². The molecule has 2 heteroatoms. The first kappa shape index (κ1) is 13.0. The highest BCUT2D eigenvalue weighted by Crippen LogP contribution is 2.30. The Labute approximate surface area is 128 Å². The molecule has 0 aliphatic rings. The van der Waals surface area contributed by atoms with Crippen LogP contribution in [0, 0.1) is 13.8 Å². The lowest BCUT2D eigenvalue weighted by Crippen LogP contribution is -1.76. The molecule has 2 heterocycles. The van der Waals surface area contributed by atoms with Crippen molar-refractivity contribution in [2.45, 2.75) is 13.8 Å². The maximum absolute atomic E-state index is 6.07. The summed E-state index contributed by atoms with van der Waals surface area (Å²) in [6.07, 6.45) is 0. The first-order valence-electron chi connectivity index (χ1n) is 7.38. The van der Waals surface area contributed by atoms with E-state index in [1.807, 2.05) is 50.2 Å². The zero-order chi connectivity index (χ0) is 15.1. The van der Waals surface area contributed by atoms with Crippen molar-refractivity contribution in [1.29, 1.82) is 0 Å². The number of rotatable bonds is 0. The standard InChI is InChI=1S/C20H16O2/c1-13-14(2)21-18-9-5-3-7-15(18)11-12-17-16-8-4-6-10-19(16)22-20(13)17/h3-12H,1-2H3. The van der Waals surface area contributed by atoms with E-state index in [1.54, 1.807) is 0 Å². The average Bonchev–Trinajstić information content (AvgIpc) is 2.92. The molecule has 2 aromatic heterocycles. The first-order valence-corrected chi connectivity index (χ1v) is 7.38. The predicted molar refractivity (Wildman–Crippen MR) is 90.6 cm³/mol. The minimum absolute atomic E-state index is 0.858. The van der Waals surface area contributed by atoms with Crippen LogP contribution < -0.4 is 0 Å². The Morgan fingerprint density at radius 1 is 0.636 bits per heavy atom. The van der Waals surface area contributed by atoms with E-state index >= 15 is 0 Å². The molecule has 22 heavy (non-hydrogen) atoms. The lowest BCUT2D eigenvalue weighted by molar-refractivity contribution is 0.561. The predicted octanol–water partition coefficient (Wildman–Crippen LogP) is 6.07. The van der Waals surface area contributed by atoms with Crippen molar-refractivity contribution >= 4 is 32.9 Å². The second-order valence-corrected chi connectivity index (χ2v) is 5.50. The second-order valence-electron chi connectivity index (χ2n) is 5.50. The van der Waals surface area contributed by atoms with Crippen LogP contribution in [0.3, 0.4) is 0 Å². The highest BCUT2D eigenvalue weighted by atomic mass is 16.3. The van der Waals surface area contributed by atoms with E-state index in [4.69, 9.17) is 8.83 Å². The lowest BCUT2D eigenvalue weighted by atomic mass is 10.1. The van der Waals surface area contributed by atoms with E-state index in [2.05, 4.69) is 24.3 Å². The fourth-order valence-corrected chi connectivity index (χ4v) is 2.80. The third-order valence-electron chi connectivity index (χ3n) is 4.11. The number of hydrogen-bond donors (Lipinski definition) is 0.